The molecule has 0 fully saturated rings. The summed E-state index contributed by atoms with van der Waals surface area (Å²) >= 11 is 0. The van der Waals surface area contributed by atoms with Crippen molar-refractivity contribution in [3.8, 4) is 11.5 Å². The van der Waals surface area contributed by atoms with Gasteiger partial charge >= 0.3 is 0 Å². The Hall–Kier alpha value is -2.43. The van der Waals surface area contributed by atoms with Crippen LogP contribution in [0.2, 0.25) is 0 Å². The Morgan fingerprint density at radius 2 is 1.95 bits per heavy atom. The van der Waals surface area contributed by atoms with Crippen LogP contribution in [-0.4, -0.2) is 20.1 Å². The third-order valence-corrected chi connectivity index (χ3v) is 3.22. The molecule has 1 aromatic heterocycles. The maximum atomic E-state index is 12.1. The van der Waals surface area contributed by atoms with Crippen molar-refractivity contribution in [2.75, 3.05) is 14.2 Å². The number of hydrogen-bond donors (Lipinski definition) is 1. The molecule has 0 aliphatic heterocycles. The van der Waals surface area contributed by atoms with Gasteiger partial charge in [-0.25, -0.2) is 0 Å². The number of carbonyl (C=O) groups is 1. The van der Waals surface area contributed by atoms with Crippen molar-refractivity contribution in [2.24, 2.45) is 0 Å². The van der Waals surface area contributed by atoms with Gasteiger partial charge in [0.2, 0.25) is 0 Å². The molecule has 0 bridgehead atoms. The first-order valence-corrected chi connectivity index (χ1v) is 6.64. The number of methoxy groups -OCH3 is 2. The fourth-order valence-corrected chi connectivity index (χ4v) is 2.08. The fraction of sp³-hybridized carbons (Fsp3) is 0.312. The van der Waals surface area contributed by atoms with Gasteiger partial charge in [-0.2, -0.15) is 0 Å². The highest BCUT2D eigenvalue weighted by Gasteiger charge is 2.17. The summed E-state index contributed by atoms with van der Waals surface area (Å²) in [6.45, 7) is 3.68. The average molecular weight is 289 g/mol. The first kappa shape index (κ1) is 15.0. The van der Waals surface area contributed by atoms with Crippen LogP contribution in [0.1, 0.15) is 34.8 Å². The molecule has 21 heavy (non-hydrogen) atoms. The summed E-state index contributed by atoms with van der Waals surface area (Å²) in [7, 11) is 3.19. The Bertz CT molecular complexity index is 633. The van der Waals surface area contributed by atoms with E-state index in [9.17, 15) is 4.79 Å². The summed E-state index contributed by atoms with van der Waals surface area (Å²) in [6.07, 6.45) is 0. The first-order chi connectivity index (χ1) is 10.0. The van der Waals surface area contributed by atoms with Crippen LogP contribution in [-0.2, 0) is 0 Å². The van der Waals surface area contributed by atoms with E-state index in [1.54, 1.807) is 33.3 Å². The van der Waals surface area contributed by atoms with Gasteiger partial charge in [-0.15, -0.1) is 0 Å². The van der Waals surface area contributed by atoms with Crippen LogP contribution >= 0.6 is 0 Å². The van der Waals surface area contributed by atoms with Crippen molar-refractivity contribution in [1.82, 2.24) is 5.32 Å². The number of rotatable bonds is 5. The van der Waals surface area contributed by atoms with Gasteiger partial charge in [-0.05, 0) is 44.2 Å². The lowest BCUT2D eigenvalue weighted by atomic mass is 10.1. The van der Waals surface area contributed by atoms with Crippen LogP contribution in [0.5, 0.6) is 11.5 Å². The highest BCUT2D eigenvalue weighted by atomic mass is 16.5. The summed E-state index contributed by atoms with van der Waals surface area (Å²) in [5, 5.41) is 2.88. The molecular weight excluding hydrogens is 270 g/mol. The fourth-order valence-electron chi connectivity index (χ4n) is 2.08. The number of carbonyl (C=O) groups excluding carboxylic acids is 1. The lowest BCUT2D eigenvalue weighted by Crippen LogP contribution is -2.26. The number of benzene rings is 1. The first-order valence-electron chi connectivity index (χ1n) is 6.64. The van der Waals surface area contributed by atoms with E-state index in [0.29, 0.717) is 23.0 Å². The SMILES string of the molecule is COc1ccc(OC)c(C(C)NC(=O)c2ccc(C)o2)c1. The second kappa shape index (κ2) is 6.35. The summed E-state index contributed by atoms with van der Waals surface area (Å²) in [5.74, 6) is 2.13. The molecule has 0 saturated heterocycles. The maximum absolute atomic E-state index is 12.1. The van der Waals surface area contributed by atoms with Crippen molar-refractivity contribution in [1.29, 1.82) is 0 Å². The van der Waals surface area contributed by atoms with Gasteiger partial charge in [-0.1, -0.05) is 0 Å². The van der Waals surface area contributed by atoms with E-state index < -0.39 is 0 Å². The highest BCUT2D eigenvalue weighted by molar-refractivity contribution is 5.91. The van der Waals surface area contributed by atoms with Gasteiger partial charge in [0.15, 0.2) is 5.76 Å². The lowest BCUT2D eigenvalue weighted by molar-refractivity contribution is 0.0910. The molecule has 2 aromatic rings. The van der Waals surface area contributed by atoms with Crippen LogP contribution in [0.3, 0.4) is 0 Å². The molecule has 1 unspecified atom stereocenters. The minimum absolute atomic E-state index is 0.243. The molecule has 5 nitrogen and oxygen atoms in total. The molecule has 0 aliphatic rings. The van der Waals surface area contributed by atoms with Crippen LogP contribution < -0.4 is 14.8 Å². The van der Waals surface area contributed by atoms with E-state index in [4.69, 9.17) is 13.9 Å². The minimum atomic E-state index is -0.263. The molecule has 1 atom stereocenters. The van der Waals surface area contributed by atoms with Gasteiger partial charge < -0.3 is 19.2 Å². The van der Waals surface area contributed by atoms with E-state index in [2.05, 4.69) is 5.32 Å². The summed E-state index contributed by atoms with van der Waals surface area (Å²) in [6, 6.07) is 8.64. The van der Waals surface area contributed by atoms with Crippen molar-refractivity contribution in [3.05, 3.63) is 47.4 Å². The molecule has 0 spiro atoms. The van der Waals surface area contributed by atoms with E-state index in [1.807, 2.05) is 25.1 Å². The molecule has 0 radical (unpaired) electrons. The zero-order valence-electron chi connectivity index (χ0n) is 12.6. The predicted molar refractivity (Wildman–Crippen MR) is 78.9 cm³/mol. The molecule has 2 rings (SSSR count). The third kappa shape index (κ3) is 3.37. The zero-order chi connectivity index (χ0) is 15.4. The van der Waals surface area contributed by atoms with Crippen LogP contribution in [0.15, 0.2) is 34.7 Å². The second-order valence-electron chi connectivity index (χ2n) is 4.71. The molecule has 1 amide bonds. The number of hydrogen-bond acceptors (Lipinski definition) is 4. The molecule has 112 valence electrons. The van der Waals surface area contributed by atoms with Gasteiger partial charge in [0.1, 0.15) is 17.3 Å². The Labute approximate surface area is 123 Å². The van der Waals surface area contributed by atoms with Crippen molar-refractivity contribution in [2.45, 2.75) is 19.9 Å². The van der Waals surface area contributed by atoms with Crippen LogP contribution in [0.4, 0.5) is 0 Å². The topological polar surface area (TPSA) is 60.7 Å². The van der Waals surface area contributed by atoms with E-state index >= 15 is 0 Å². The number of nitrogens with one attached hydrogen (secondary N) is 1. The molecule has 1 N–H and O–H groups in total. The van der Waals surface area contributed by atoms with Crippen molar-refractivity contribution < 1.29 is 18.7 Å². The Morgan fingerprint density at radius 3 is 2.52 bits per heavy atom. The predicted octanol–water partition coefficient (Wildman–Crippen LogP) is 3.10. The number of furan rings is 1. The Balaban J connectivity index is 2.19. The van der Waals surface area contributed by atoms with Gasteiger partial charge in [0.05, 0.1) is 20.3 Å². The smallest absolute Gasteiger partial charge is 0.287 e. The molecular formula is C16H19NO4. The Kier molecular flexibility index (Phi) is 4.52. The quantitative estimate of drug-likeness (QED) is 0.918. The molecule has 5 heteroatoms. The summed E-state index contributed by atoms with van der Waals surface area (Å²) < 4.78 is 15.9. The largest absolute Gasteiger partial charge is 0.497 e. The molecule has 0 aliphatic carbocycles. The van der Waals surface area contributed by atoms with E-state index in [1.165, 1.54) is 0 Å². The molecule has 1 aromatic carbocycles. The standard InChI is InChI=1S/C16H19NO4/c1-10-5-7-15(21-10)16(18)17-11(2)13-9-12(19-3)6-8-14(13)20-4/h5-9,11H,1-4H3,(H,17,18). The number of amides is 1. The highest BCUT2D eigenvalue weighted by Crippen LogP contribution is 2.29. The summed E-state index contributed by atoms with van der Waals surface area (Å²) in [4.78, 5) is 12.1. The van der Waals surface area contributed by atoms with Gasteiger partial charge in [0, 0.05) is 5.56 Å². The van der Waals surface area contributed by atoms with Crippen molar-refractivity contribution in [3.63, 3.8) is 0 Å². The van der Waals surface area contributed by atoms with Crippen LogP contribution in [0.25, 0.3) is 0 Å². The average Bonchev–Trinajstić information content (AvgIpc) is 2.93. The third-order valence-electron chi connectivity index (χ3n) is 3.22. The van der Waals surface area contributed by atoms with Crippen molar-refractivity contribution >= 4 is 5.91 Å². The maximum Gasteiger partial charge on any atom is 0.287 e. The molecule has 0 saturated carbocycles. The second-order valence-corrected chi connectivity index (χ2v) is 4.71. The zero-order valence-corrected chi connectivity index (χ0v) is 12.6. The van der Waals surface area contributed by atoms with Gasteiger partial charge in [-0.3, -0.25) is 4.79 Å². The molecule has 1 heterocycles. The Morgan fingerprint density at radius 1 is 1.19 bits per heavy atom. The van der Waals surface area contributed by atoms with E-state index in [0.717, 1.165) is 5.56 Å². The monoisotopic (exact) mass is 289 g/mol. The van der Waals surface area contributed by atoms with Crippen LogP contribution in [0, 0.1) is 6.92 Å². The number of aryl methyl sites for hydroxylation is 1. The summed E-state index contributed by atoms with van der Waals surface area (Å²) in [5.41, 5.74) is 0.841. The van der Waals surface area contributed by atoms with E-state index in [-0.39, 0.29) is 11.9 Å². The normalized spacial score (nSPS) is 11.8. The van der Waals surface area contributed by atoms with Gasteiger partial charge in [0.25, 0.3) is 5.91 Å². The minimum Gasteiger partial charge on any atom is -0.497 e. The lowest BCUT2D eigenvalue weighted by Gasteiger charge is -2.17. The number of ether oxygens (including phenoxy) is 2.